The van der Waals surface area contributed by atoms with E-state index in [4.69, 9.17) is 0 Å². The molecule has 118 valence electrons. The lowest BCUT2D eigenvalue weighted by atomic mass is 10.2. The molecule has 1 fully saturated rings. The molecule has 1 aliphatic heterocycles. The Balaban J connectivity index is 1.89. The Morgan fingerprint density at radius 2 is 2.14 bits per heavy atom. The van der Waals surface area contributed by atoms with E-state index in [-0.39, 0.29) is 11.8 Å². The van der Waals surface area contributed by atoms with Crippen molar-refractivity contribution in [2.45, 2.75) is 18.8 Å². The molecular formula is C15H16F3N3O. The maximum Gasteiger partial charge on any atom is 0.573 e. The Bertz CT molecular complexity index is 653. The predicted octanol–water partition coefficient (Wildman–Crippen LogP) is 3.33. The Labute approximate surface area is 126 Å². The number of likely N-dealkylation sites (N-methyl/N-ethyl adjacent to an activating group) is 1. The first kappa shape index (κ1) is 14.9. The van der Waals surface area contributed by atoms with Crippen molar-refractivity contribution < 1.29 is 17.9 Å². The number of hydrogen-bond donors (Lipinski definition) is 0. The number of hydrogen-bond acceptors (Lipinski definition) is 3. The van der Waals surface area contributed by atoms with Gasteiger partial charge >= 0.3 is 6.36 Å². The van der Waals surface area contributed by atoms with E-state index in [1.807, 2.05) is 17.8 Å². The Morgan fingerprint density at radius 3 is 2.82 bits per heavy atom. The maximum atomic E-state index is 12.3. The van der Waals surface area contributed by atoms with Gasteiger partial charge in [-0.25, -0.2) is 4.98 Å². The van der Waals surface area contributed by atoms with Crippen LogP contribution in [0.2, 0.25) is 0 Å². The van der Waals surface area contributed by atoms with Crippen molar-refractivity contribution in [3.63, 3.8) is 0 Å². The molecule has 1 unspecified atom stereocenters. The zero-order chi connectivity index (χ0) is 15.7. The van der Waals surface area contributed by atoms with Gasteiger partial charge in [0.2, 0.25) is 0 Å². The molecule has 0 aliphatic carbocycles. The highest BCUT2D eigenvalue weighted by Gasteiger charge is 2.31. The minimum Gasteiger partial charge on any atom is -0.406 e. The second kappa shape index (κ2) is 5.64. The minimum absolute atomic E-state index is 0.233. The van der Waals surface area contributed by atoms with Gasteiger partial charge in [0, 0.05) is 30.5 Å². The summed E-state index contributed by atoms with van der Waals surface area (Å²) < 4.78 is 43.0. The third-order valence-electron chi connectivity index (χ3n) is 3.75. The lowest BCUT2D eigenvalue weighted by Crippen LogP contribution is -2.17. The number of alkyl halides is 3. The first-order chi connectivity index (χ1) is 10.4. The summed E-state index contributed by atoms with van der Waals surface area (Å²) in [5.41, 5.74) is 0.612. The van der Waals surface area contributed by atoms with Crippen molar-refractivity contribution in [2.24, 2.45) is 0 Å². The monoisotopic (exact) mass is 311 g/mol. The maximum absolute atomic E-state index is 12.3. The van der Waals surface area contributed by atoms with Crippen LogP contribution in [0.1, 0.15) is 12.5 Å². The highest BCUT2D eigenvalue weighted by molar-refractivity contribution is 5.58. The molecule has 0 spiro atoms. The molecule has 7 heteroatoms. The molecule has 4 nitrogen and oxygen atoms in total. The summed E-state index contributed by atoms with van der Waals surface area (Å²) in [6, 6.07) is 6.21. The summed E-state index contributed by atoms with van der Waals surface area (Å²) in [6.45, 7) is 1.90. The first-order valence-electron chi connectivity index (χ1n) is 7.00. The molecule has 1 atom stereocenters. The third kappa shape index (κ3) is 3.24. The quantitative estimate of drug-likeness (QED) is 0.871. The van der Waals surface area contributed by atoms with Crippen molar-refractivity contribution in [3.05, 3.63) is 36.7 Å². The fourth-order valence-corrected chi connectivity index (χ4v) is 2.80. The van der Waals surface area contributed by atoms with Gasteiger partial charge in [-0.1, -0.05) is 12.1 Å². The number of rotatable bonds is 3. The number of likely N-dealkylation sites (tertiary alicyclic amines) is 1. The van der Waals surface area contributed by atoms with Crippen molar-refractivity contribution in [1.29, 1.82) is 0 Å². The number of imidazole rings is 1. The molecule has 0 amide bonds. The van der Waals surface area contributed by atoms with Crippen LogP contribution < -0.4 is 4.74 Å². The lowest BCUT2D eigenvalue weighted by Gasteiger charge is -2.16. The van der Waals surface area contributed by atoms with Crippen molar-refractivity contribution in [2.75, 3.05) is 20.1 Å². The van der Waals surface area contributed by atoms with Gasteiger partial charge in [0.25, 0.3) is 0 Å². The minimum atomic E-state index is -4.69. The normalized spacial score (nSPS) is 19.5. The van der Waals surface area contributed by atoms with Crippen LogP contribution >= 0.6 is 0 Å². The van der Waals surface area contributed by atoms with Crippen LogP contribution in [0.4, 0.5) is 13.2 Å². The topological polar surface area (TPSA) is 30.3 Å². The molecule has 1 aromatic carbocycles. The Kier molecular flexibility index (Phi) is 3.82. The third-order valence-corrected chi connectivity index (χ3v) is 3.75. The van der Waals surface area contributed by atoms with Gasteiger partial charge in [0.15, 0.2) is 0 Å². The standard InChI is InChI=1S/C15H16F3N3O/c1-20-7-5-12(10-20)21-8-6-19-14(21)11-3-2-4-13(9-11)22-15(16,17)18/h2-4,6,8-9,12H,5,7,10H2,1H3. The van der Waals surface area contributed by atoms with E-state index in [0.29, 0.717) is 11.4 Å². The van der Waals surface area contributed by atoms with E-state index in [1.54, 1.807) is 12.3 Å². The fraction of sp³-hybridized carbons (Fsp3) is 0.400. The van der Waals surface area contributed by atoms with Crippen LogP contribution in [0.25, 0.3) is 11.4 Å². The average Bonchev–Trinajstić information content (AvgIpc) is 3.05. The molecule has 0 saturated carbocycles. The highest BCUT2D eigenvalue weighted by Crippen LogP contribution is 2.30. The number of benzene rings is 1. The van der Waals surface area contributed by atoms with Gasteiger partial charge in [-0.05, 0) is 32.1 Å². The van der Waals surface area contributed by atoms with Crippen LogP contribution in [0.15, 0.2) is 36.7 Å². The summed E-state index contributed by atoms with van der Waals surface area (Å²) in [5, 5.41) is 0. The fourth-order valence-electron chi connectivity index (χ4n) is 2.80. The van der Waals surface area contributed by atoms with Gasteiger partial charge in [-0.15, -0.1) is 13.2 Å². The molecule has 1 saturated heterocycles. The van der Waals surface area contributed by atoms with E-state index in [1.165, 1.54) is 18.2 Å². The zero-order valence-electron chi connectivity index (χ0n) is 12.0. The molecule has 3 rings (SSSR count). The summed E-state index contributed by atoms with van der Waals surface area (Å²) in [6.07, 6.45) is -0.151. The second-order valence-corrected chi connectivity index (χ2v) is 5.44. The van der Waals surface area contributed by atoms with E-state index < -0.39 is 6.36 Å². The Morgan fingerprint density at radius 1 is 1.32 bits per heavy atom. The Hall–Kier alpha value is -2.02. The summed E-state index contributed by atoms with van der Waals surface area (Å²) in [5.74, 6) is 0.427. The molecule has 0 bridgehead atoms. The molecule has 22 heavy (non-hydrogen) atoms. The van der Waals surface area contributed by atoms with Crippen LogP contribution in [-0.2, 0) is 0 Å². The van der Waals surface area contributed by atoms with Crippen LogP contribution in [0.5, 0.6) is 5.75 Å². The molecule has 1 aromatic heterocycles. The van der Waals surface area contributed by atoms with Crippen LogP contribution in [-0.4, -0.2) is 41.0 Å². The van der Waals surface area contributed by atoms with Crippen molar-refractivity contribution in [3.8, 4) is 17.1 Å². The van der Waals surface area contributed by atoms with Crippen LogP contribution in [0.3, 0.4) is 0 Å². The highest BCUT2D eigenvalue weighted by atomic mass is 19.4. The van der Waals surface area contributed by atoms with Gasteiger partial charge < -0.3 is 14.2 Å². The molecule has 0 N–H and O–H groups in total. The van der Waals surface area contributed by atoms with E-state index in [2.05, 4.69) is 14.6 Å². The smallest absolute Gasteiger partial charge is 0.406 e. The molecule has 2 aromatic rings. The van der Waals surface area contributed by atoms with E-state index in [9.17, 15) is 13.2 Å². The van der Waals surface area contributed by atoms with Gasteiger partial charge in [-0.3, -0.25) is 0 Å². The van der Waals surface area contributed by atoms with E-state index in [0.717, 1.165) is 19.5 Å². The zero-order valence-corrected chi connectivity index (χ0v) is 12.0. The number of nitrogens with zero attached hydrogens (tertiary/aromatic N) is 3. The summed E-state index contributed by atoms with van der Waals surface area (Å²) in [4.78, 5) is 6.52. The lowest BCUT2D eigenvalue weighted by molar-refractivity contribution is -0.274. The van der Waals surface area contributed by atoms with Crippen molar-refractivity contribution >= 4 is 0 Å². The number of ether oxygens (including phenoxy) is 1. The van der Waals surface area contributed by atoms with Gasteiger partial charge in [0.1, 0.15) is 11.6 Å². The summed E-state index contributed by atoms with van der Waals surface area (Å²) in [7, 11) is 2.05. The largest absolute Gasteiger partial charge is 0.573 e. The van der Waals surface area contributed by atoms with Crippen molar-refractivity contribution in [1.82, 2.24) is 14.5 Å². The predicted molar refractivity (Wildman–Crippen MR) is 75.5 cm³/mol. The SMILES string of the molecule is CN1CCC(n2ccnc2-c2cccc(OC(F)(F)F)c2)C1. The number of halogens is 3. The number of aromatic nitrogens is 2. The second-order valence-electron chi connectivity index (χ2n) is 5.44. The molecule has 1 aliphatic rings. The average molecular weight is 311 g/mol. The van der Waals surface area contributed by atoms with Gasteiger partial charge in [0.05, 0.1) is 0 Å². The molecule has 0 radical (unpaired) electrons. The molecule has 2 heterocycles. The van der Waals surface area contributed by atoms with Gasteiger partial charge in [-0.2, -0.15) is 0 Å². The molecular weight excluding hydrogens is 295 g/mol. The summed E-state index contributed by atoms with van der Waals surface area (Å²) >= 11 is 0. The first-order valence-corrected chi connectivity index (χ1v) is 7.00. The van der Waals surface area contributed by atoms with Crippen LogP contribution in [0, 0.1) is 0 Å². The van der Waals surface area contributed by atoms with E-state index >= 15 is 0 Å².